The van der Waals surface area contributed by atoms with E-state index in [0.29, 0.717) is 24.3 Å². The number of anilines is 1. The minimum Gasteiger partial charge on any atom is -0.497 e. The molecule has 4 rings (SSSR count). The minimum atomic E-state index is -4.24. The van der Waals surface area contributed by atoms with Crippen LogP contribution >= 0.6 is 0 Å². The number of rotatable bonds is 14. The van der Waals surface area contributed by atoms with Crippen LogP contribution in [0.4, 0.5) is 10.1 Å². The van der Waals surface area contributed by atoms with Crippen LogP contribution in [-0.2, 0) is 32.6 Å². The second kappa shape index (κ2) is 15.3. The van der Waals surface area contributed by atoms with Crippen molar-refractivity contribution in [1.29, 1.82) is 0 Å². The third-order valence-electron chi connectivity index (χ3n) is 7.32. The number of hydrogen-bond acceptors (Lipinski definition) is 5. The Balaban J connectivity index is 1.80. The molecular formula is C35H38FN3O5S. The van der Waals surface area contributed by atoms with Crippen molar-refractivity contribution >= 4 is 27.5 Å². The lowest BCUT2D eigenvalue weighted by Gasteiger charge is -2.34. The number of aryl methyl sites for hydroxylation is 1. The van der Waals surface area contributed by atoms with Gasteiger partial charge in [-0.25, -0.2) is 12.8 Å². The Labute approximate surface area is 264 Å². The molecule has 1 atom stereocenters. The zero-order valence-corrected chi connectivity index (χ0v) is 26.5. The summed E-state index contributed by atoms with van der Waals surface area (Å²) in [7, 11) is -2.77. The highest BCUT2D eigenvalue weighted by atomic mass is 32.2. The average Bonchev–Trinajstić information content (AvgIpc) is 3.05. The van der Waals surface area contributed by atoms with Crippen molar-refractivity contribution in [1.82, 2.24) is 10.2 Å². The first-order valence-electron chi connectivity index (χ1n) is 14.7. The molecule has 1 N–H and O–H groups in total. The van der Waals surface area contributed by atoms with Gasteiger partial charge in [0.1, 0.15) is 24.2 Å². The summed E-state index contributed by atoms with van der Waals surface area (Å²) in [5, 5.41) is 2.90. The van der Waals surface area contributed by atoms with Gasteiger partial charge in [-0.05, 0) is 60.9 Å². The van der Waals surface area contributed by atoms with E-state index in [1.54, 1.807) is 48.5 Å². The zero-order valence-electron chi connectivity index (χ0n) is 25.6. The molecule has 8 nitrogen and oxygen atoms in total. The van der Waals surface area contributed by atoms with Crippen molar-refractivity contribution in [3.05, 3.63) is 126 Å². The standard InChI is InChI=1S/C35H38FN3O5S/c1-4-21-37-35(41)33(22-27-9-6-5-7-10-27)38(24-28-15-17-29(36)18-16-28)34(40)25-39(30-11-8-12-31(23-30)44-3)45(42,43)32-19-13-26(2)14-20-32/h5-20,23,33H,4,21-22,24-25H2,1-3H3,(H,37,41)/t33-/m1/s1. The Morgan fingerprint density at radius 1 is 0.889 bits per heavy atom. The first-order valence-corrected chi connectivity index (χ1v) is 16.2. The van der Waals surface area contributed by atoms with Gasteiger partial charge in [0, 0.05) is 25.6 Å². The zero-order chi connectivity index (χ0) is 32.4. The number of carbonyl (C=O) groups excluding carboxylic acids is 2. The van der Waals surface area contributed by atoms with Gasteiger partial charge in [-0.2, -0.15) is 0 Å². The van der Waals surface area contributed by atoms with Crippen LogP contribution in [0, 0.1) is 12.7 Å². The van der Waals surface area contributed by atoms with E-state index in [0.717, 1.165) is 15.4 Å². The van der Waals surface area contributed by atoms with Crippen molar-refractivity contribution in [2.45, 2.75) is 44.2 Å². The lowest BCUT2D eigenvalue weighted by Crippen LogP contribution is -2.53. The molecule has 4 aromatic carbocycles. The summed E-state index contributed by atoms with van der Waals surface area (Å²) in [5.74, 6) is -1.00. The number of amides is 2. The molecule has 0 radical (unpaired) electrons. The van der Waals surface area contributed by atoms with Gasteiger partial charge in [0.2, 0.25) is 11.8 Å². The summed E-state index contributed by atoms with van der Waals surface area (Å²) in [6.07, 6.45) is 0.876. The average molecular weight is 632 g/mol. The van der Waals surface area contributed by atoms with Crippen molar-refractivity contribution in [3.8, 4) is 5.75 Å². The first-order chi connectivity index (χ1) is 21.6. The van der Waals surface area contributed by atoms with Crippen molar-refractivity contribution < 1.29 is 27.1 Å². The van der Waals surface area contributed by atoms with Gasteiger partial charge >= 0.3 is 0 Å². The largest absolute Gasteiger partial charge is 0.497 e. The second-order valence-corrected chi connectivity index (χ2v) is 12.5. The van der Waals surface area contributed by atoms with Gasteiger partial charge in [-0.15, -0.1) is 0 Å². The quantitative estimate of drug-likeness (QED) is 0.198. The molecule has 236 valence electrons. The Bertz CT molecular complexity index is 1680. The molecule has 0 saturated heterocycles. The van der Waals surface area contributed by atoms with Crippen LogP contribution in [0.3, 0.4) is 0 Å². The van der Waals surface area contributed by atoms with E-state index in [1.807, 2.05) is 44.2 Å². The summed E-state index contributed by atoms with van der Waals surface area (Å²) >= 11 is 0. The summed E-state index contributed by atoms with van der Waals surface area (Å²) in [6.45, 7) is 3.53. The lowest BCUT2D eigenvalue weighted by molar-refractivity contribution is -0.140. The maximum absolute atomic E-state index is 14.4. The molecule has 0 aliphatic heterocycles. The normalized spacial score (nSPS) is 11.8. The number of nitrogens with one attached hydrogen (secondary N) is 1. The Morgan fingerprint density at radius 3 is 2.22 bits per heavy atom. The van der Waals surface area contributed by atoms with Gasteiger partial charge in [0.25, 0.3) is 10.0 Å². The molecule has 0 spiro atoms. The van der Waals surface area contributed by atoms with Crippen LogP contribution < -0.4 is 14.4 Å². The molecule has 0 heterocycles. The molecule has 0 fully saturated rings. The minimum absolute atomic E-state index is 0.00956. The van der Waals surface area contributed by atoms with Crippen LogP contribution in [0.1, 0.15) is 30.0 Å². The smallest absolute Gasteiger partial charge is 0.264 e. The van der Waals surface area contributed by atoms with Crippen LogP contribution in [-0.4, -0.2) is 51.4 Å². The molecule has 0 aromatic heterocycles. The van der Waals surface area contributed by atoms with E-state index in [1.165, 1.54) is 36.3 Å². The second-order valence-electron chi connectivity index (χ2n) is 10.7. The number of nitrogens with zero attached hydrogens (tertiary/aromatic N) is 2. The van der Waals surface area contributed by atoms with E-state index in [4.69, 9.17) is 4.74 Å². The Kier molecular flexibility index (Phi) is 11.3. The van der Waals surface area contributed by atoms with Gasteiger partial charge in [0.05, 0.1) is 17.7 Å². The van der Waals surface area contributed by atoms with Crippen molar-refractivity contribution in [2.24, 2.45) is 0 Å². The molecule has 45 heavy (non-hydrogen) atoms. The van der Waals surface area contributed by atoms with E-state index in [2.05, 4.69) is 5.32 Å². The molecule has 0 bridgehead atoms. The highest BCUT2D eigenvalue weighted by Gasteiger charge is 2.34. The third kappa shape index (κ3) is 8.69. The van der Waals surface area contributed by atoms with E-state index >= 15 is 0 Å². The maximum atomic E-state index is 14.4. The van der Waals surface area contributed by atoms with Crippen molar-refractivity contribution in [2.75, 3.05) is 24.5 Å². The highest BCUT2D eigenvalue weighted by molar-refractivity contribution is 7.92. The fourth-order valence-electron chi connectivity index (χ4n) is 4.84. The van der Waals surface area contributed by atoms with Gasteiger partial charge < -0.3 is 15.0 Å². The molecular weight excluding hydrogens is 593 g/mol. The molecule has 0 aliphatic carbocycles. The number of halogens is 1. The monoisotopic (exact) mass is 631 g/mol. The molecule has 10 heteroatoms. The number of benzene rings is 4. The fraction of sp³-hybridized carbons (Fsp3) is 0.257. The summed E-state index contributed by atoms with van der Waals surface area (Å²) in [6, 6.07) is 26.8. The van der Waals surface area contributed by atoms with Crippen LogP contribution in [0.15, 0.2) is 108 Å². The maximum Gasteiger partial charge on any atom is 0.264 e. The van der Waals surface area contributed by atoms with Gasteiger partial charge in [-0.3, -0.25) is 13.9 Å². The first kappa shape index (κ1) is 33.2. The highest BCUT2D eigenvalue weighted by Crippen LogP contribution is 2.28. The van der Waals surface area contributed by atoms with Crippen molar-refractivity contribution in [3.63, 3.8) is 0 Å². The van der Waals surface area contributed by atoms with Crippen LogP contribution in [0.2, 0.25) is 0 Å². The number of sulfonamides is 1. The summed E-state index contributed by atoms with van der Waals surface area (Å²) in [4.78, 5) is 29.5. The molecule has 0 unspecified atom stereocenters. The van der Waals surface area contributed by atoms with E-state index in [-0.39, 0.29) is 29.5 Å². The topological polar surface area (TPSA) is 96.0 Å². The van der Waals surface area contributed by atoms with Crippen LogP contribution in [0.5, 0.6) is 5.75 Å². The molecule has 2 amide bonds. The molecule has 0 saturated carbocycles. The summed E-state index contributed by atoms with van der Waals surface area (Å²) in [5.41, 5.74) is 2.51. The van der Waals surface area contributed by atoms with E-state index in [9.17, 15) is 22.4 Å². The fourth-order valence-corrected chi connectivity index (χ4v) is 6.24. The Hall–Kier alpha value is -4.70. The third-order valence-corrected chi connectivity index (χ3v) is 9.10. The number of hydrogen-bond donors (Lipinski definition) is 1. The van der Waals surface area contributed by atoms with Gasteiger partial charge in [0.15, 0.2) is 0 Å². The predicted molar refractivity (Wildman–Crippen MR) is 173 cm³/mol. The van der Waals surface area contributed by atoms with Gasteiger partial charge in [-0.1, -0.05) is 73.2 Å². The predicted octanol–water partition coefficient (Wildman–Crippen LogP) is 5.50. The molecule has 0 aliphatic rings. The lowest BCUT2D eigenvalue weighted by atomic mass is 10.0. The van der Waals surface area contributed by atoms with Crippen LogP contribution in [0.25, 0.3) is 0 Å². The van der Waals surface area contributed by atoms with E-state index < -0.39 is 34.3 Å². The summed E-state index contributed by atoms with van der Waals surface area (Å²) < 4.78 is 48.4. The SMILES string of the molecule is CCCNC(=O)[C@@H](Cc1ccccc1)N(Cc1ccc(F)cc1)C(=O)CN(c1cccc(OC)c1)S(=O)(=O)c1ccc(C)cc1. The molecule has 4 aromatic rings. The number of ether oxygens (including phenoxy) is 1. The Morgan fingerprint density at radius 2 is 1.58 bits per heavy atom. The number of carbonyl (C=O) groups is 2. The number of methoxy groups -OCH3 is 1.